The average Bonchev–Trinajstić information content (AvgIpc) is 3.83. The molecule has 0 radical (unpaired) electrons. The number of hydrazine groups is 1. The number of benzene rings is 2. The van der Waals surface area contributed by atoms with E-state index >= 15 is 0 Å². The molecule has 0 unspecified atom stereocenters. The van der Waals surface area contributed by atoms with Gasteiger partial charge in [-0.3, -0.25) is 39.0 Å². The quantitative estimate of drug-likeness (QED) is 0.0373. The Labute approximate surface area is 383 Å². The van der Waals surface area contributed by atoms with Crippen LogP contribution < -0.4 is 43.6 Å². The molecule has 1 aromatic heterocycles. The standard InChI is InChI=1S/C45H64N10O9S/c1-26(2)22-36(42(61)49-32(19-21-65-6)41(60)54-47)55-20-18-33(43(55)62)50-39(58)34(23-27-12-8-7-9-13-27)51-40(59)35(24-28-25-48-30-15-11-10-14-29(28)30)52-38(57)31(16-17-37(46)56)53-44(63)64-45(3,4)5/h7-15,25-26,31-36,48H,16-24,47H2,1-6H3,(H2,46,56)(H,49,61)(H,50,58)(H,51,59)(H,52,57)(H,53,63)(H,54,60)/t31-,32-,33+,34-,35+,36-/m0/s1. The highest BCUT2D eigenvalue weighted by Crippen LogP contribution is 2.22. The smallest absolute Gasteiger partial charge is 0.408 e. The third-order valence-corrected chi connectivity index (χ3v) is 11.3. The number of carbonyl (C=O) groups excluding carboxylic acids is 8. The predicted molar refractivity (Wildman–Crippen MR) is 246 cm³/mol. The number of ether oxygens (including phenoxy) is 1. The van der Waals surface area contributed by atoms with Gasteiger partial charge in [-0.1, -0.05) is 62.4 Å². The number of nitrogens with two attached hydrogens (primary N) is 2. The fourth-order valence-electron chi connectivity index (χ4n) is 7.45. The number of aromatic amines is 1. The van der Waals surface area contributed by atoms with E-state index in [0.717, 1.165) is 10.9 Å². The lowest BCUT2D eigenvalue weighted by atomic mass is 10.0. The third kappa shape index (κ3) is 15.8. The van der Waals surface area contributed by atoms with Crippen molar-refractivity contribution in [2.75, 3.05) is 18.6 Å². The molecule has 0 saturated carbocycles. The second-order valence-electron chi connectivity index (χ2n) is 17.5. The summed E-state index contributed by atoms with van der Waals surface area (Å²) in [5.41, 5.74) is 8.71. The molecule has 0 bridgehead atoms. The molecule has 20 heteroatoms. The summed E-state index contributed by atoms with van der Waals surface area (Å²) in [6.07, 6.45) is 2.88. The van der Waals surface area contributed by atoms with E-state index < -0.39 is 89.3 Å². The van der Waals surface area contributed by atoms with Crippen molar-refractivity contribution in [2.45, 2.75) is 121 Å². The number of fused-ring (bicyclic) bond motifs is 1. The Balaban J connectivity index is 1.61. The first-order chi connectivity index (χ1) is 30.8. The Bertz CT molecular complexity index is 2140. The fourth-order valence-corrected chi connectivity index (χ4v) is 7.92. The minimum absolute atomic E-state index is 0.00273. The van der Waals surface area contributed by atoms with E-state index in [0.29, 0.717) is 23.3 Å². The molecule has 19 nitrogen and oxygen atoms in total. The molecule has 1 aliphatic rings. The van der Waals surface area contributed by atoms with Crippen LogP contribution in [-0.2, 0) is 51.1 Å². The van der Waals surface area contributed by atoms with Gasteiger partial charge in [0, 0.05) is 42.9 Å². The van der Waals surface area contributed by atoms with Crippen molar-refractivity contribution in [3.8, 4) is 0 Å². The van der Waals surface area contributed by atoms with Crippen LogP contribution in [0.1, 0.15) is 77.8 Å². The Morgan fingerprint density at radius 1 is 0.815 bits per heavy atom. The molecule has 2 heterocycles. The number of nitrogens with one attached hydrogen (secondary N) is 7. The molecule has 1 aliphatic heterocycles. The van der Waals surface area contributed by atoms with Gasteiger partial charge < -0.3 is 46.9 Å². The van der Waals surface area contributed by atoms with Gasteiger partial charge >= 0.3 is 6.09 Å². The number of primary amides is 1. The zero-order valence-corrected chi connectivity index (χ0v) is 38.7. The number of amides is 8. The molecular formula is C45H64N10O9S. The first-order valence-electron chi connectivity index (χ1n) is 21.7. The number of hydrogen-bond donors (Lipinski definition) is 9. The van der Waals surface area contributed by atoms with Crippen molar-refractivity contribution in [3.63, 3.8) is 0 Å². The van der Waals surface area contributed by atoms with E-state index in [1.54, 1.807) is 57.3 Å². The van der Waals surface area contributed by atoms with Crippen LogP contribution in [0.3, 0.4) is 0 Å². The summed E-state index contributed by atoms with van der Waals surface area (Å²) < 4.78 is 5.36. The summed E-state index contributed by atoms with van der Waals surface area (Å²) in [6, 6.07) is 9.42. The number of aromatic nitrogens is 1. The molecule has 2 aromatic carbocycles. The molecule has 11 N–H and O–H groups in total. The van der Waals surface area contributed by atoms with Gasteiger partial charge in [-0.25, -0.2) is 10.6 Å². The summed E-state index contributed by atoms with van der Waals surface area (Å²) in [5.74, 6) is 1.40. The molecule has 1 fully saturated rings. The molecule has 65 heavy (non-hydrogen) atoms. The number of rotatable bonds is 23. The summed E-state index contributed by atoms with van der Waals surface area (Å²) in [4.78, 5) is 112. The Kier molecular flexibility index (Phi) is 19.2. The van der Waals surface area contributed by atoms with Crippen LogP contribution in [0.25, 0.3) is 10.9 Å². The van der Waals surface area contributed by atoms with Crippen molar-refractivity contribution in [1.29, 1.82) is 0 Å². The lowest BCUT2D eigenvalue weighted by Gasteiger charge is -2.30. The van der Waals surface area contributed by atoms with Crippen LogP contribution in [0.2, 0.25) is 0 Å². The Morgan fingerprint density at radius 2 is 1.43 bits per heavy atom. The van der Waals surface area contributed by atoms with Crippen molar-refractivity contribution >= 4 is 70.1 Å². The second kappa shape index (κ2) is 24.2. The molecule has 6 atom stereocenters. The van der Waals surface area contributed by atoms with Crippen LogP contribution in [0.15, 0.2) is 60.8 Å². The number of alkyl carbamates (subject to hydrolysis) is 1. The van der Waals surface area contributed by atoms with Gasteiger partial charge in [0.15, 0.2) is 0 Å². The van der Waals surface area contributed by atoms with Crippen molar-refractivity contribution in [1.82, 2.24) is 41.9 Å². The SMILES string of the molecule is CSCC[C@H](NC(=O)[C@H](CC(C)C)N1CC[C@@H](NC(=O)[C@H](Cc2ccccc2)NC(=O)[C@@H](Cc2c[nH]c3ccccc23)NC(=O)[C@H](CCC(N)=O)NC(=O)OC(C)(C)C)C1=O)C(=O)NN. The van der Waals surface area contributed by atoms with Crippen molar-refractivity contribution < 1.29 is 43.1 Å². The van der Waals surface area contributed by atoms with E-state index in [1.165, 1.54) is 16.7 Å². The molecule has 8 amide bonds. The minimum atomic E-state index is -1.34. The number of nitrogens with zero attached hydrogens (tertiary/aromatic N) is 1. The molecule has 0 aliphatic carbocycles. The number of H-pyrrole nitrogens is 1. The van der Waals surface area contributed by atoms with Gasteiger partial charge in [-0.15, -0.1) is 0 Å². The van der Waals surface area contributed by atoms with E-state index in [-0.39, 0.29) is 51.0 Å². The normalized spacial score (nSPS) is 16.2. The molecule has 1 saturated heterocycles. The van der Waals surface area contributed by atoms with Crippen molar-refractivity contribution in [3.05, 3.63) is 71.9 Å². The maximum absolute atomic E-state index is 14.5. The highest BCUT2D eigenvalue weighted by atomic mass is 32.2. The molecule has 0 spiro atoms. The summed E-state index contributed by atoms with van der Waals surface area (Å²) >= 11 is 1.50. The highest BCUT2D eigenvalue weighted by molar-refractivity contribution is 7.98. The zero-order valence-electron chi connectivity index (χ0n) is 37.9. The van der Waals surface area contributed by atoms with Gasteiger partial charge in [-0.05, 0) is 81.6 Å². The van der Waals surface area contributed by atoms with E-state index in [1.807, 2.05) is 44.4 Å². The highest BCUT2D eigenvalue weighted by Gasteiger charge is 2.42. The maximum Gasteiger partial charge on any atom is 0.408 e. The van der Waals surface area contributed by atoms with E-state index in [2.05, 4.69) is 37.0 Å². The average molecular weight is 921 g/mol. The zero-order chi connectivity index (χ0) is 47.8. The molecule has 4 rings (SSSR count). The minimum Gasteiger partial charge on any atom is -0.444 e. The van der Waals surface area contributed by atoms with Crippen LogP contribution in [0.4, 0.5) is 4.79 Å². The van der Waals surface area contributed by atoms with Gasteiger partial charge in [-0.2, -0.15) is 11.8 Å². The van der Waals surface area contributed by atoms with E-state index in [4.69, 9.17) is 16.3 Å². The maximum atomic E-state index is 14.5. The van der Waals surface area contributed by atoms with Crippen LogP contribution in [0.5, 0.6) is 0 Å². The lowest BCUT2D eigenvalue weighted by molar-refractivity contribution is -0.141. The fraction of sp³-hybridized carbons (Fsp3) is 0.511. The van der Waals surface area contributed by atoms with E-state index in [9.17, 15) is 38.4 Å². The second-order valence-corrected chi connectivity index (χ2v) is 18.4. The first kappa shape index (κ1) is 51.5. The number of para-hydroxylation sites is 1. The lowest BCUT2D eigenvalue weighted by Crippen LogP contribution is -2.59. The van der Waals surface area contributed by atoms with Crippen LogP contribution in [0, 0.1) is 5.92 Å². The number of likely N-dealkylation sites (tertiary alicyclic amines) is 1. The monoisotopic (exact) mass is 920 g/mol. The molecule has 354 valence electrons. The van der Waals surface area contributed by atoms with Gasteiger partial charge in [0.05, 0.1) is 0 Å². The molecular weight excluding hydrogens is 857 g/mol. The van der Waals surface area contributed by atoms with Crippen molar-refractivity contribution in [2.24, 2.45) is 17.5 Å². The summed E-state index contributed by atoms with van der Waals surface area (Å²) in [5, 5.41) is 14.4. The third-order valence-electron chi connectivity index (χ3n) is 10.7. The first-order valence-corrected chi connectivity index (χ1v) is 23.1. The number of carbonyl (C=O) groups is 8. The largest absolute Gasteiger partial charge is 0.444 e. The topological polar surface area (TPSA) is 289 Å². The van der Waals surface area contributed by atoms with Crippen LogP contribution >= 0.6 is 11.8 Å². The molecule has 3 aromatic rings. The summed E-state index contributed by atoms with van der Waals surface area (Å²) in [7, 11) is 0. The van der Waals surface area contributed by atoms with Gasteiger partial charge in [0.2, 0.25) is 35.4 Å². The van der Waals surface area contributed by atoms with Gasteiger partial charge in [0.1, 0.15) is 41.9 Å². The number of thioether (sulfide) groups is 1. The van der Waals surface area contributed by atoms with Gasteiger partial charge in [0.25, 0.3) is 5.91 Å². The Hall–Kier alpha value is -6.15. The van der Waals surface area contributed by atoms with Crippen LogP contribution in [-0.4, -0.2) is 118 Å². The summed E-state index contributed by atoms with van der Waals surface area (Å²) in [6.45, 7) is 8.88. The Morgan fingerprint density at radius 3 is 2.06 bits per heavy atom. The predicted octanol–water partition coefficient (Wildman–Crippen LogP) is 1.44. The number of hydrogen-bond acceptors (Lipinski definition) is 11.